The summed E-state index contributed by atoms with van der Waals surface area (Å²) in [4.78, 5) is 0. The van der Waals surface area contributed by atoms with Gasteiger partial charge < -0.3 is 14.2 Å². The number of para-hydroxylation sites is 1. The Balaban J connectivity index is 1.53. The van der Waals surface area contributed by atoms with Crippen molar-refractivity contribution in [3.63, 3.8) is 0 Å². The largest absolute Gasteiger partial charge is 0.494 e. The minimum atomic E-state index is -0.0428. The minimum Gasteiger partial charge on any atom is -0.494 e. The monoisotopic (exact) mass is 432 g/mol. The summed E-state index contributed by atoms with van der Waals surface area (Å²) in [6.45, 7) is 8.68. The van der Waals surface area contributed by atoms with E-state index >= 15 is 0 Å². The summed E-state index contributed by atoms with van der Waals surface area (Å²) in [6.07, 6.45) is 4.53. The van der Waals surface area contributed by atoms with Crippen LogP contribution in [-0.4, -0.2) is 13.2 Å². The average molecular weight is 433 g/mol. The standard InChI is InChI=1S/C29H36O3/c1-4-6-10-20-31-26-18-16-25(17-19-26)29(3,5-2)23-30-22-24-12-11-15-28(21-24)32-27-13-8-7-9-14-27/h7-9,11-19,21H,4-6,10,20,22-23H2,1-3H3. The first kappa shape index (κ1) is 23.9. The summed E-state index contributed by atoms with van der Waals surface area (Å²) in [5.74, 6) is 2.60. The fourth-order valence-corrected chi connectivity index (χ4v) is 3.60. The van der Waals surface area contributed by atoms with Crippen molar-refractivity contribution < 1.29 is 14.2 Å². The number of ether oxygens (including phenoxy) is 3. The third kappa shape index (κ3) is 7.13. The van der Waals surface area contributed by atoms with E-state index in [-0.39, 0.29) is 5.41 Å². The molecule has 0 N–H and O–H groups in total. The maximum Gasteiger partial charge on any atom is 0.127 e. The summed E-state index contributed by atoms with van der Waals surface area (Å²) < 4.78 is 18.0. The van der Waals surface area contributed by atoms with Crippen molar-refractivity contribution in [1.82, 2.24) is 0 Å². The predicted molar refractivity (Wildman–Crippen MR) is 132 cm³/mol. The maximum atomic E-state index is 6.17. The Morgan fingerprint density at radius 2 is 1.50 bits per heavy atom. The number of unbranched alkanes of at least 4 members (excludes halogenated alkanes) is 2. The van der Waals surface area contributed by atoms with Crippen molar-refractivity contribution in [1.29, 1.82) is 0 Å². The molecule has 0 aliphatic heterocycles. The molecule has 0 fully saturated rings. The van der Waals surface area contributed by atoms with Crippen molar-refractivity contribution in [2.24, 2.45) is 0 Å². The molecule has 0 bridgehead atoms. The van der Waals surface area contributed by atoms with E-state index in [1.54, 1.807) is 0 Å². The van der Waals surface area contributed by atoms with Gasteiger partial charge in [-0.25, -0.2) is 0 Å². The Labute approximate surface area is 193 Å². The van der Waals surface area contributed by atoms with Crippen LogP contribution in [0.5, 0.6) is 17.2 Å². The molecule has 0 aromatic heterocycles. The lowest BCUT2D eigenvalue weighted by molar-refractivity contribution is 0.0747. The van der Waals surface area contributed by atoms with Crippen molar-refractivity contribution >= 4 is 0 Å². The Bertz CT molecular complexity index is 921. The van der Waals surface area contributed by atoms with Crippen molar-refractivity contribution in [2.45, 2.75) is 58.5 Å². The molecule has 0 aliphatic rings. The van der Waals surface area contributed by atoms with Crippen molar-refractivity contribution in [3.05, 3.63) is 90.0 Å². The third-order valence-electron chi connectivity index (χ3n) is 5.91. The van der Waals surface area contributed by atoms with Crippen LogP contribution in [0.1, 0.15) is 57.6 Å². The Hall–Kier alpha value is -2.78. The number of benzene rings is 3. The van der Waals surface area contributed by atoms with Gasteiger partial charge in [0, 0.05) is 5.41 Å². The van der Waals surface area contributed by atoms with Gasteiger partial charge in [-0.15, -0.1) is 0 Å². The van der Waals surface area contributed by atoms with E-state index in [0.29, 0.717) is 13.2 Å². The second-order valence-electron chi connectivity index (χ2n) is 8.55. The van der Waals surface area contributed by atoms with Crippen LogP contribution in [0.25, 0.3) is 0 Å². The molecule has 0 heterocycles. The fourth-order valence-electron chi connectivity index (χ4n) is 3.60. The van der Waals surface area contributed by atoms with E-state index < -0.39 is 0 Å². The summed E-state index contributed by atoms with van der Waals surface area (Å²) in [6, 6.07) is 26.5. The first-order valence-corrected chi connectivity index (χ1v) is 11.8. The summed E-state index contributed by atoms with van der Waals surface area (Å²) in [5.41, 5.74) is 2.34. The summed E-state index contributed by atoms with van der Waals surface area (Å²) in [7, 11) is 0. The maximum absolute atomic E-state index is 6.17. The smallest absolute Gasteiger partial charge is 0.127 e. The SMILES string of the molecule is CCCCCOc1ccc(C(C)(CC)COCc2cccc(Oc3ccccc3)c2)cc1. The van der Waals surface area contributed by atoms with E-state index in [1.807, 2.05) is 48.5 Å². The zero-order valence-electron chi connectivity index (χ0n) is 19.7. The molecule has 1 unspecified atom stereocenters. The summed E-state index contributed by atoms with van der Waals surface area (Å²) >= 11 is 0. The van der Waals surface area contributed by atoms with Gasteiger partial charge >= 0.3 is 0 Å². The lowest BCUT2D eigenvalue weighted by Crippen LogP contribution is -2.27. The predicted octanol–water partition coefficient (Wildman–Crippen LogP) is 7.93. The van der Waals surface area contributed by atoms with Crippen LogP contribution in [-0.2, 0) is 16.8 Å². The lowest BCUT2D eigenvalue weighted by atomic mass is 9.81. The molecule has 32 heavy (non-hydrogen) atoms. The van der Waals surface area contributed by atoms with Crippen molar-refractivity contribution in [2.75, 3.05) is 13.2 Å². The highest BCUT2D eigenvalue weighted by Gasteiger charge is 2.25. The van der Waals surface area contributed by atoms with Crippen LogP contribution >= 0.6 is 0 Å². The van der Waals surface area contributed by atoms with Crippen LogP contribution < -0.4 is 9.47 Å². The average Bonchev–Trinajstić information content (AvgIpc) is 2.83. The highest BCUT2D eigenvalue weighted by molar-refractivity contribution is 5.34. The van der Waals surface area contributed by atoms with Crippen LogP contribution in [0.4, 0.5) is 0 Å². The molecule has 3 rings (SSSR count). The zero-order valence-corrected chi connectivity index (χ0v) is 19.7. The molecule has 0 aliphatic carbocycles. The molecule has 0 radical (unpaired) electrons. The van der Waals surface area contributed by atoms with Gasteiger partial charge in [0.15, 0.2) is 0 Å². The van der Waals surface area contributed by atoms with Crippen LogP contribution in [0.15, 0.2) is 78.9 Å². The van der Waals surface area contributed by atoms with Gasteiger partial charge in [0.25, 0.3) is 0 Å². The van der Waals surface area contributed by atoms with Crippen molar-refractivity contribution in [3.8, 4) is 17.2 Å². The molecule has 0 saturated carbocycles. The number of rotatable bonds is 13. The topological polar surface area (TPSA) is 27.7 Å². The number of hydrogen-bond donors (Lipinski definition) is 0. The van der Waals surface area contributed by atoms with Gasteiger partial charge in [0.2, 0.25) is 0 Å². The van der Waals surface area contributed by atoms with Gasteiger partial charge in [0.05, 0.1) is 19.8 Å². The second-order valence-corrected chi connectivity index (χ2v) is 8.55. The molecule has 3 nitrogen and oxygen atoms in total. The van der Waals surface area contributed by atoms with Gasteiger partial charge in [-0.2, -0.15) is 0 Å². The highest BCUT2D eigenvalue weighted by Crippen LogP contribution is 2.30. The molecule has 170 valence electrons. The van der Waals surface area contributed by atoms with Gasteiger partial charge in [0.1, 0.15) is 17.2 Å². The van der Waals surface area contributed by atoms with Gasteiger partial charge in [-0.1, -0.05) is 76.1 Å². The minimum absolute atomic E-state index is 0.0428. The van der Waals surface area contributed by atoms with Crippen LogP contribution in [0, 0.1) is 0 Å². The van der Waals surface area contributed by atoms with Gasteiger partial charge in [-0.3, -0.25) is 0 Å². The Morgan fingerprint density at radius 1 is 0.750 bits per heavy atom. The van der Waals surface area contributed by atoms with E-state index in [4.69, 9.17) is 14.2 Å². The van der Waals surface area contributed by atoms with Crippen LogP contribution in [0.2, 0.25) is 0 Å². The molecule has 3 heteroatoms. The second kappa shape index (κ2) is 12.3. The molecular formula is C29H36O3. The fraction of sp³-hybridized carbons (Fsp3) is 0.379. The molecule has 3 aromatic carbocycles. The Kier molecular flexibility index (Phi) is 9.18. The lowest BCUT2D eigenvalue weighted by Gasteiger charge is -2.29. The van der Waals surface area contributed by atoms with Gasteiger partial charge in [-0.05, 0) is 60.4 Å². The third-order valence-corrected chi connectivity index (χ3v) is 5.91. The first-order valence-electron chi connectivity index (χ1n) is 11.8. The molecule has 1 atom stereocenters. The van der Waals surface area contributed by atoms with E-state index in [1.165, 1.54) is 18.4 Å². The molecule has 0 saturated heterocycles. The molecular weight excluding hydrogens is 396 g/mol. The quantitative estimate of drug-likeness (QED) is 0.257. The van der Waals surface area contributed by atoms with E-state index in [2.05, 4.69) is 51.1 Å². The number of hydrogen-bond acceptors (Lipinski definition) is 3. The normalized spacial score (nSPS) is 12.8. The zero-order chi connectivity index (χ0) is 22.7. The van der Waals surface area contributed by atoms with E-state index in [9.17, 15) is 0 Å². The molecule has 3 aromatic rings. The first-order chi connectivity index (χ1) is 15.6. The molecule has 0 amide bonds. The van der Waals surface area contributed by atoms with E-state index in [0.717, 1.165) is 42.3 Å². The van der Waals surface area contributed by atoms with Crippen LogP contribution in [0.3, 0.4) is 0 Å². The highest BCUT2D eigenvalue weighted by atomic mass is 16.5. The Morgan fingerprint density at radius 3 is 2.22 bits per heavy atom. The summed E-state index contributed by atoms with van der Waals surface area (Å²) in [5, 5.41) is 0. The molecule has 0 spiro atoms.